The van der Waals surface area contributed by atoms with Crippen LogP contribution >= 0.6 is 0 Å². The van der Waals surface area contributed by atoms with Crippen molar-refractivity contribution in [3.63, 3.8) is 0 Å². The highest BCUT2D eigenvalue weighted by Gasteiger charge is 1.98. The number of hydrogen-bond donors (Lipinski definition) is 0. The van der Waals surface area contributed by atoms with Crippen molar-refractivity contribution in [3.8, 4) is 0 Å². The number of hydrogen-bond acceptors (Lipinski definition) is 2. The summed E-state index contributed by atoms with van der Waals surface area (Å²) < 4.78 is 0. The lowest BCUT2D eigenvalue weighted by molar-refractivity contribution is -0.117. The first-order valence-corrected chi connectivity index (χ1v) is 4.62. The summed E-state index contributed by atoms with van der Waals surface area (Å²) in [5, 5.41) is 0. The summed E-state index contributed by atoms with van der Waals surface area (Å²) in [6.45, 7) is 8.47. The minimum atomic E-state index is 0.861. The van der Waals surface area contributed by atoms with Gasteiger partial charge in [0.05, 0.1) is 0 Å². The average molecular weight is 172 g/mol. The third-order valence-electron chi connectivity index (χ3n) is 2.06. The molecule has 0 saturated carbocycles. The first-order chi connectivity index (χ1) is 5.74. The van der Waals surface area contributed by atoms with E-state index in [0.29, 0.717) is 0 Å². The molecule has 0 aliphatic carbocycles. The highest BCUT2D eigenvalue weighted by atomic mass is 16.1. The Kier molecular flexibility index (Phi) is 6.76. The Morgan fingerprint density at radius 3 is 2.17 bits per heavy atom. The predicted octanol–water partition coefficient (Wildman–Crippen LogP) is 0.806. The van der Waals surface area contributed by atoms with Gasteiger partial charge in [-0.3, -0.25) is 4.79 Å². The Bertz CT molecular complexity index is 113. The normalized spacial score (nSPS) is 10.3. The van der Waals surface area contributed by atoms with Gasteiger partial charge in [0.15, 0.2) is 0 Å². The Hall–Kier alpha value is -0.570. The molecule has 0 unspecified atom stereocenters. The lowest BCUT2D eigenvalue weighted by Gasteiger charge is -2.19. The summed E-state index contributed by atoms with van der Waals surface area (Å²) in [6, 6.07) is 0. The molecule has 3 nitrogen and oxygen atoms in total. The van der Waals surface area contributed by atoms with Gasteiger partial charge >= 0.3 is 0 Å². The molecule has 0 heterocycles. The molecule has 0 saturated heterocycles. The Balaban J connectivity index is 3.34. The van der Waals surface area contributed by atoms with Crippen LogP contribution in [-0.4, -0.2) is 49.4 Å². The Morgan fingerprint density at radius 2 is 1.75 bits per heavy atom. The third-order valence-corrected chi connectivity index (χ3v) is 2.06. The van der Waals surface area contributed by atoms with Crippen molar-refractivity contribution in [2.75, 3.05) is 33.2 Å². The van der Waals surface area contributed by atoms with Crippen molar-refractivity contribution in [2.24, 2.45) is 0 Å². The third kappa shape index (κ3) is 5.13. The highest BCUT2D eigenvalue weighted by molar-refractivity contribution is 5.46. The summed E-state index contributed by atoms with van der Waals surface area (Å²) in [4.78, 5) is 14.3. The van der Waals surface area contributed by atoms with Crippen LogP contribution in [0.5, 0.6) is 0 Å². The van der Waals surface area contributed by atoms with Gasteiger partial charge < -0.3 is 9.80 Å². The predicted molar refractivity (Wildman–Crippen MR) is 51.1 cm³/mol. The number of rotatable bonds is 7. The molecular weight excluding hydrogens is 152 g/mol. The largest absolute Gasteiger partial charge is 0.348 e. The number of carbonyl (C=O) groups excluding carboxylic acids is 1. The van der Waals surface area contributed by atoms with Crippen LogP contribution in [0.2, 0.25) is 0 Å². The van der Waals surface area contributed by atoms with Gasteiger partial charge in [0, 0.05) is 13.6 Å². The van der Waals surface area contributed by atoms with Gasteiger partial charge in [-0.1, -0.05) is 13.8 Å². The molecule has 0 atom stereocenters. The second-order valence-corrected chi connectivity index (χ2v) is 2.97. The van der Waals surface area contributed by atoms with Crippen molar-refractivity contribution in [1.82, 2.24) is 9.80 Å². The van der Waals surface area contributed by atoms with E-state index in [9.17, 15) is 4.79 Å². The van der Waals surface area contributed by atoms with Crippen LogP contribution in [0.3, 0.4) is 0 Å². The van der Waals surface area contributed by atoms with Gasteiger partial charge in [-0.05, 0) is 26.1 Å². The quantitative estimate of drug-likeness (QED) is 0.530. The number of carbonyl (C=O) groups is 1. The van der Waals surface area contributed by atoms with Crippen molar-refractivity contribution in [3.05, 3.63) is 0 Å². The molecular formula is C9H20N2O. The van der Waals surface area contributed by atoms with Gasteiger partial charge in [0.2, 0.25) is 6.41 Å². The van der Waals surface area contributed by atoms with Crippen LogP contribution in [0.15, 0.2) is 0 Å². The lowest BCUT2D eigenvalue weighted by Crippen LogP contribution is -2.27. The summed E-state index contributed by atoms with van der Waals surface area (Å²) in [5.41, 5.74) is 0. The van der Waals surface area contributed by atoms with Gasteiger partial charge in [0.25, 0.3) is 0 Å². The zero-order valence-electron chi connectivity index (χ0n) is 8.42. The first-order valence-electron chi connectivity index (χ1n) is 4.62. The van der Waals surface area contributed by atoms with E-state index in [1.54, 1.807) is 4.90 Å². The van der Waals surface area contributed by atoms with E-state index in [1.165, 1.54) is 0 Å². The van der Waals surface area contributed by atoms with Gasteiger partial charge in [-0.2, -0.15) is 0 Å². The van der Waals surface area contributed by atoms with Crippen molar-refractivity contribution < 1.29 is 4.79 Å². The van der Waals surface area contributed by atoms with E-state index in [2.05, 4.69) is 18.7 Å². The van der Waals surface area contributed by atoms with Gasteiger partial charge in [0.1, 0.15) is 0 Å². The SMILES string of the molecule is CCN(CC)CCCN(C)C=O. The van der Waals surface area contributed by atoms with E-state index in [1.807, 2.05) is 7.05 Å². The van der Waals surface area contributed by atoms with Crippen LogP contribution < -0.4 is 0 Å². The molecule has 0 fully saturated rings. The van der Waals surface area contributed by atoms with Crippen molar-refractivity contribution in [2.45, 2.75) is 20.3 Å². The van der Waals surface area contributed by atoms with Crippen LogP contribution in [0.1, 0.15) is 20.3 Å². The van der Waals surface area contributed by atoms with Crippen LogP contribution in [0.25, 0.3) is 0 Å². The maximum absolute atomic E-state index is 10.2. The minimum absolute atomic E-state index is 0.861. The second-order valence-electron chi connectivity index (χ2n) is 2.97. The molecule has 0 aliphatic rings. The number of nitrogens with zero attached hydrogens (tertiary/aromatic N) is 2. The molecule has 1 amide bonds. The molecule has 0 N–H and O–H groups in total. The standard InChI is InChI=1S/C9H20N2O/c1-4-11(5-2)8-6-7-10(3)9-12/h9H,4-8H2,1-3H3. The maximum Gasteiger partial charge on any atom is 0.209 e. The Morgan fingerprint density at radius 1 is 1.17 bits per heavy atom. The summed E-state index contributed by atoms with van der Waals surface area (Å²) in [5.74, 6) is 0. The molecule has 0 rings (SSSR count). The minimum Gasteiger partial charge on any atom is -0.348 e. The molecule has 0 radical (unpaired) electrons. The molecule has 0 aromatic heterocycles. The average Bonchev–Trinajstić information content (AvgIpc) is 2.12. The van der Waals surface area contributed by atoms with Crippen LogP contribution in [-0.2, 0) is 4.79 Å². The molecule has 0 aromatic carbocycles. The summed E-state index contributed by atoms with van der Waals surface area (Å²) >= 11 is 0. The fourth-order valence-electron chi connectivity index (χ4n) is 1.14. The fourth-order valence-corrected chi connectivity index (χ4v) is 1.14. The van der Waals surface area contributed by atoms with Crippen molar-refractivity contribution in [1.29, 1.82) is 0 Å². The molecule has 12 heavy (non-hydrogen) atoms. The van der Waals surface area contributed by atoms with E-state index >= 15 is 0 Å². The van der Waals surface area contributed by atoms with E-state index in [-0.39, 0.29) is 0 Å². The molecule has 72 valence electrons. The highest BCUT2D eigenvalue weighted by Crippen LogP contribution is 1.91. The first kappa shape index (κ1) is 11.4. The smallest absolute Gasteiger partial charge is 0.209 e. The monoisotopic (exact) mass is 172 g/mol. The van der Waals surface area contributed by atoms with E-state index in [0.717, 1.165) is 39.0 Å². The van der Waals surface area contributed by atoms with Gasteiger partial charge in [-0.15, -0.1) is 0 Å². The van der Waals surface area contributed by atoms with Gasteiger partial charge in [-0.25, -0.2) is 0 Å². The van der Waals surface area contributed by atoms with Crippen LogP contribution in [0.4, 0.5) is 0 Å². The zero-order valence-corrected chi connectivity index (χ0v) is 8.42. The zero-order chi connectivity index (χ0) is 9.40. The molecule has 0 bridgehead atoms. The molecule has 0 aromatic rings. The Labute approximate surface area is 75.3 Å². The number of amides is 1. The maximum atomic E-state index is 10.2. The molecule has 3 heteroatoms. The molecule has 0 spiro atoms. The molecule has 0 aliphatic heterocycles. The topological polar surface area (TPSA) is 23.6 Å². The van der Waals surface area contributed by atoms with Crippen molar-refractivity contribution >= 4 is 6.41 Å². The van der Waals surface area contributed by atoms with Crippen LogP contribution in [0, 0.1) is 0 Å². The van der Waals surface area contributed by atoms with E-state index in [4.69, 9.17) is 0 Å². The fraction of sp³-hybridized carbons (Fsp3) is 0.889. The lowest BCUT2D eigenvalue weighted by atomic mass is 10.3. The second kappa shape index (κ2) is 7.10. The summed E-state index contributed by atoms with van der Waals surface area (Å²) in [7, 11) is 1.81. The van der Waals surface area contributed by atoms with E-state index < -0.39 is 0 Å². The summed E-state index contributed by atoms with van der Waals surface area (Å²) in [6.07, 6.45) is 1.94.